The van der Waals surface area contributed by atoms with Crippen molar-refractivity contribution < 1.29 is 14.0 Å². The molecule has 3 rings (SSSR count). The first kappa shape index (κ1) is 18.9. The molecule has 4 nitrogen and oxygen atoms in total. The van der Waals surface area contributed by atoms with Gasteiger partial charge in [0, 0.05) is 11.3 Å². The van der Waals surface area contributed by atoms with Crippen LogP contribution in [0.3, 0.4) is 0 Å². The van der Waals surface area contributed by atoms with Crippen molar-refractivity contribution in [3.05, 3.63) is 58.9 Å². The summed E-state index contributed by atoms with van der Waals surface area (Å²) < 4.78 is 18.4. The third-order valence-corrected chi connectivity index (χ3v) is 5.19. The zero-order valence-corrected chi connectivity index (χ0v) is 16.2. The van der Waals surface area contributed by atoms with Crippen LogP contribution in [0.4, 0.5) is 10.1 Å². The molecule has 26 heavy (non-hydrogen) atoms. The summed E-state index contributed by atoms with van der Waals surface area (Å²) in [4.78, 5) is 3.67. The van der Waals surface area contributed by atoms with Crippen LogP contribution in [0.2, 0.25) is 5.02 Å². The van der Waals surface area contributed by atoms with Crippen LogP contribution in [0.25, 0.3) is 0 Å². The highest BCUT2D eigenvalue weighted by molar-refractivity contribution is 7.80. The highest BCUT2D eigenvalue weighted by atomic mass is 35.5. The number of piperazine rings is 1. The van der Waals surface area contributed by atoms with E-state index in [1.807, 2.05) is 12.1 Å². The lowest BCUT2D eigenvalue weighted by Crippen LogP contribution is -3.13. The Labute approximate surface area is 163 Å². The lowest BCUT2D eigenvalue weighted by molar-refractivity contribution is -0.917. The van der Waals surface area contributed by atoms with E-state index in [0.29, 0.717) is 10.8 Å². The number of halogens is 2. The third kappa shape index (κ3) is 4.84. The number of methoxy groups -OCH3 is 1. The van der Waals surface area contributed by atoms with Gasteiger partial charge in [-0.15, -0.1) is 0 Å². The van der Waals surface area contributed by atoms with E-state index in [1.54, 1.807) is 19.2 Å². The van der Waals surface area contributed by atoms with Crippen LogP contribution in [0.1, 0.15) is 5.56 Å². The second-order valence-corrected chi connectivity index (χ2v) is 7.11. The van der Waals surface area contributed by atoms with Gasteiger partial charge >= 0.3 is 0 Å². The van der Waals surface area contributed by atoms with Gasteiger partial charge < -0.3 is 19.9 Å². The van der Waals surface area contributed by atoms with Crippen LogP contribution in [-0.4, -0.2) is 43.3 Å². The number of thiocarbonyl (C=S) groups is 1. The van der Waals surface area contributed by atoms with Crippen LogP contribution >= 0.6 is 23.8 Å². The quantitative estimate of drug-likeness (QED) is 0.780. The zero-order valence-electron chi connectivity index (χ0n) is 14.6. The van der Waals surface area contributed by atoms with Gasteiger partial charge in [0.2, 0.25) is 0 Å². The van der Waals surface area contributed by atoms with Gasteiger partial charge in [0.15, 0.2) is 5.11 Å². The molecule has 0 atom stereocenters. The number of anilines is 1. The van der Waals surface area contributed by atoms with Crippen molar-refractivity contribution in [2.45, 2.75) is 6.54 Å². The average molecular weight is 395 g/mol. The number of benzene rings is 2. The molecule has 0 aromatic heterocycles. The summed E-state index contributed by atoms with van der Waals surface area (Å²) in [5.41, 5.74) is 2.00. The Morgan fingerprint density at radius 3 is 2.54 bits per heavy atom. The molecule has 0 radical (unpaired) electrons. The van der Waals surface area contributed by atoms with Gasteiger partial charge in [0.1, 0.15) is 18.1 Å². The van der Waals surface area contributed by atoms with E-state index in [0.717, 1.165) is 38.5 Å². The highest BCUT2D eigenvalue weighted by Gasteiger charge is 2.22. The summed E-state index contributed by atoms with van der Waals surface area (Å²) >= 11 is 11.3. The number of rotatable bonds is 4. The van der Waals surface area contributed by atoms with Gasteiger partial charge in [-0.05, 0) is 54.7 Å². The number of ether oxygens (including phenoxy) is 1. The third-order valence-electron chi connectivity index (χ3n) is 4.54. The van der Waals surface area contributed by atoms with E-state index in [4.69, 9.17) is 28.6 Å². The first-order valence-corrected chi connectivity index (χ1v) is 9.31. The molecule has 0 aliphatic carbocycles. The normalized spacial score (nSPS) is 15.0. The van der Waals surface area contributed by atoms with E-state index in [9.17, 15) is 4.39 Å². The number of hydrogen-bond acceptors (Lipinski definition) is 2. The average Bonchev–Trinajstić information content (AvgIpc) is 2.66. The fourth-order valence-corrected chi connectivity index (χ4v) is 3.49. The molecule has 1 aliphatic heterocycles. The minimum atomic E-state index is -0.432. The first-order valence-electron chi connectivity index (χ1n) is 8.52. The van der Waals surface area contributed by atoms with Crippen molar-refractivity contribution in [2.75, 3.05) is 38.6 Å². The topological polar surface area (TPSA) is 28.9 Å². The molecule has 0 bridgehead atoms. The molecule has 1 saturated heterocycles. The molecule has 1 aliphatic rings. The Balaban J connectivity index is 1.49. The fraction of sp³-hybridized carbons (Fsp3) is 0.316. The molecule has 0 amide bonds. The molecule has 0 spiro atoms. The van der Waals surface area contributed by atoms with Gasteiger partial charge in [0.05, 0.1) is 38.3 Å². The lowest BCUT2D eigenvalue weighted by Gasteiger charge is -2.34. The Hall–Kier alpha value is -1.89. The predicted octanol–water partition coefficient (Wildman–Crippen LogP) is 2.59. The Morgan fingerprint density at radius 1 is 1.23 bits per heavy atom. The van der Waals surface area contributed by atoms with Crippen molar-refractivity contribution in [1.82, 2.24) is 4.90 Å². The van der Waals surface area contributed by atoms with Gasteiger partial charge in [-0.25, -0.2) is 4.39 Å². The SMILES string of the molecule is COc1ccc(C[NH+]2CCN(C(=S)Nc3ccc(F)c(Cl)c3)CC2)cc1. The maximum Gasteiger partial charge on any atom is 0.173 e. The second kappa shape index (κ2) is 8.66. The molecule has 0 saturated carbocycles. The van der Waals surface area contributed by atoms with Crippen LogP contribution in [0, 0.1) is 5.82 Å². The fourth-order valence-electron chi connectivity index (χ4n) is 3.01. The monoisotopic (exact) mass is 394 g/mol. The van der Waals surface area contributed by atoms with E-state index in [1.165, 1.54) is 16.5 Å². The molecular formula is C19H22ClFN3OS+. The van der Waals surface area contributed by atoms with E-state index >= 15 is 0 Å². The maximum atomic E-state index is 13.2. The van der Waals surface area contributed by atoms with Crippen LogP contribution in [0.5, 0.6) is 5.75 Å². The minimum Gasteiger partial charge on any atom is -0.497 e. The van der Waals surface area contributed by atoms with Crippen LogP contribution < -0.4 is 15.0 Å². The standard InChI is InChI=1S/C19H21ClFN3OS/c1-25-16-5-2-14(3-6-16)13-23-8-10-24(11-9-23)19(26)22-15-4-7-18(21)17(20)12-15/h2-7,12H,8-11,13H2,1H3,(H,22,26)/p+1. The zero-order chi connectivity index (χ0) is 18.5. The first-order chi connectivity index (χ1) is 12.5. The number of nitrogens with zero attached hydrogens (tertiary/aromatic N) is 1. The van der Waals surface area contributed by atoms with Crippen molar-refractivity contribution >= 4 is 34.6 Å². The molecule has 2 N–H and O–H groups in total. The van der Waals surface area contributed by atoms with Gasteiger partial charge in [-0.2, -0.15) is 0 Å². The lowest BCUT2D eigenvalue weighted by atomic mass is 10.2. The van der Waals surface area contributed by atoms with Gasteiger partial charge in [-0.1, -0.05) is 11.6 Å². The van der Waals surface area contributed by atoms with Crippen LogP contribution in [0.15, 0.2) is 42.5 Å². The summed E-state index contributed by atoms with van der Waals surface area (Å²) in [5, 5.41) is 3.88. The molecule has 7 heteroatoms. The van der Waals surface area contributed by atoms with Crippen LogP contribution in [-0.2, 0) is 6.54 Å². The molecule has 2 aromatic rings. The van der Waals surface area contributed by atoms with Crippen molar-refractivity contribution in [3.8, 4) is 5.75 Å². The molecule has 2 aromatic carbocycles. The summed E-state index contributed by atoms with van der Waals surface area (Å²) in [5.74, 6) is 0.449. The van der Waals surface area contributed by atoms with E-state index < -0.39 is 5.82 Å². The molecule has 138 valence electrons. The smallest absolute Gasteiger partial charge is 0.173 e. The van der Waals surface area contributed by atoms with Gasteiger partial charge in [-0.3, -0.25) is 0 Å². The number of nitrogens with one attached hydrogen (secondary N) is 2. The number of quaternary nitrogens is 1. The molecule has 1 heterocycles. The van der Waals surface area contributed by atoms with Crippen molar-refractivity contribution in [1.29, 1.82) is 0 Å². The summed E-state index contributed by atoms with van der Waals surface area (Å²) in [6, 6.07) is 12.7. The Morgan fingerprint density at radius 2 is 1.92 bits per heavy atom. The van der Waals surface area contributed by atoms with Gasteiger partial charge in [0.25, 0.3) is 0 Å². The molecule has 0 unspecified atom stereocenters. The highest BCUT2D eigenvalue weighted by Crippen LogP contribution is 2.19. The summed E-state index contributed by atoms with van der Waals surface area (Å²) in [7, 11) is 1.68. The van der Waals surface area contributed by atoms with E-state index in [-0.39, 0.29) is 5.02 Å². The Bertz CT molecular complexity index is 764. The largest absolute Gasteiger partial charge is 0.497 e. The second-order valence-electron chi connectivity index (χ2n) is 6.32. The molecular weight excluding hydrogens is 373 g/mol. The predicted molar refractivity (Wildman–Crippen MR) is 107 cm³/mol. The Kier molecular flexibility index (Phi) is 6.29. The number of hydrogen-bond donors (Lipinski definition) is 2. The van der Waals surface area contributed by atoms with Crippen molar-refractivity contribution in [3.63, 3.8) is 0 Å². The van der Waals surface area contributed by atoms with E-state index in [2.05, 4.69) is 22.3 Å². The minimum absolute atomic E-state index is 0.0894. The van der Waals surface area contributed by atoms with Crippen molar-refractivity contribution in [2.24, 2.45) is 0 Å². The molecule has 1 fully saturated rings. The maximum absolute atomic E-state index is 13.2. The summed E-state index contributed by atoms with van der Waals surface area (Å²) in [6.07, 6.45) is 0. The summed E-state index contributed by atoms with van der Waals surface area (Å²) in [6.45, 7) is 4.78.